The van der Waals surface area contributed by atoms with E-state index in [1.807, 2.05) is 36.4 Å². The summed E-state index contributed by atoms with van der Waals surface area (Å²) >= 11 is 0. The van der Waals surface area contributed by atoms with Crippen molar-refractivity contribution >= 4 is 11.7 Å². The Morgan fingerprint density at radius 1 is 1.30 bits per heavy atom. The molecule has 2 amide bonds. The van der Waals surface area contributed by atoms with E-state index >= 15 is 0 Å². The summed E-state index contributed by atoms with van der Waals surface area (Å²) in [5, 5.41) is 2.97. The number of rotatable bonds is 3. The van der Waals surface area contributed by atoms with Crippen LogP contribution in [0.25, 0.3) is 0 Å². The Morgan fingerprint density at radius 3 is 2.75 bits per heavy atom. The minimum Gasteiger partial charge on any atom is -0.329 e. The molecule has 5 nitrogen and oxygen atoms in total. The summed E-state index contributed by atoms with van der Waals surface area (Å²) in [6.07, 6.45) is 3.51. The fourth-order valence-electron chi connectivity index (χ4n) is 2.34. The van der Waals surface area contributed by atoms with Gasteiger partial charge in [0.25, 0.3) is 0 Å². The second-order valence-corrected chi connectivity index (χ2v) is 4.77. The van der Waals surface area contributed by atoms with Crippen molar-refractivity contribution in [2.75, 3.05) is 11.4 Å². The molecule has 1 aliphatic rings. The number of nitrogens with zero attached hydrogens (tertiary/aromatic N) is 2. The molecule has 1 aliphatic heterocycles. The average Bonchev–Trinajstić information content (AvgIpc) is 2.90. The number of amides is 2. The van der Waals surface area contributed by atoms with Crippen molar-refractivity contribution in [3.05, 3.63) is 59.9 Å². The zero-order valence-corrected chi connectivity index (χ0v) is 11.0. The summed E-state index contributed by atoms with van der Waals surface area (Å²) < 4.78 is 0. The lowest BCUT2D eigenvalue weighted by Crippen LogP contribution is -2.27. The van der Waals surface area contributed by atoms with E-state index in [4.69, 9.17) is 5.73 Å². The van der Waals surface area contributed by atoms with E-state index in [1.165, 1.54) is 0 Å². The summed E-state index contributed by atoms with van der Waals surface area (Å²) in [4.78, 5) is 17.9. The van der Waals surface area contributed by atoms with Gasteiger partial charge in [0.05, 0.1) is 12.6 Å². The molecule has 0 spiro atoms. The van der Waals surface area contributed by atoms with Gasteiger partial charge in [0, 0.05) is 24.6 Å². The highest BCUT2D eigenvalue weighted by Gasteiger charge is 2.30. The Morgan fingerprint density at radius 2 is 2.10 bits per heavy atom. The van der Waals surface area contributed by atoms with Crippen LogP contribution >= 0.6 is 0 Å². The van der Waals surface area contributed by atoms with Crippen LogP contribution in [0.4, 0.5) is 10.5 Å². The number of carbonyl (C=O) groups excluding carboxylic acids is 1. The number of benzene rings is 1. The first-order valence-electron chi connectivity index (χ1n) is 6.55. The Balaban J connectivity index is 1.80. The van der Waals surface area contributed by atoms with Crippen LogP contribution in [0.1, 0.15) is 17.2 Å². The molecule has 0 aliphatic carbocycles. The van der Waals surface area contributed by atoms with Gasteiger partial charge in [-0.25, -0.2) is 4.79 Å². The van der Waals surface area contributed by atoms with Crippen LogP contribution in [0, 0.1) is 0 Å². The summed E-state index contributed by atoms with van der Waals surface area (Å²) in [7, 11) is 0. The third kappa shape index (κ3) is 2.35. The molecule has 5 heteroatoms. The van der Waals surface area contributed by atoms with Crippen LogP contribution < -0.4 is 16.0 Å². The molecule has 0 saturated carbocycles. The third-order valence-corrected chi connectivity index (χ3v) is 3.48. The molecule has 20 heavy (non-hydrogen) atoms. The molecule has 0 bridgehead atoms. The predicted molar refractivity (Wildman–Crippen MR) is 77.2 cm³/mol. The normalized spacial score (nSPS) is 18.1. The summed E-state index contributed by atoms with van der Waals surface area (Å²) in [5.74, 6) is 0. The van der Waals surface area contributed by atoms with Crippen LogP contribution in [0.15, 0.2) is 48.8 Å². The van der Waals surface area contributed by atoms with Crippen molar-refractivity contribution in [2.45, 2.75) is 12.6 Å². The standard InChI is InChI=1S/C15H16N4O/c16-8-11-3-5-13(6-4-11)19-10-14(18-15(19)20)12-2-1-7-17-9-12/h1-7,9,14H,8,10,16H2,(H,18,20). The molecule has 102 valence electrons. The number of nitrogens with two attached hydrogens (primary N) is 1. The second-order valence-electron chi connectivity index (χ2n) is 4.77. The van der Waals surface area contributed by atoms with E-state index in [0.29, 0.717) is 13.1 Å². The van der Waals surface area contributed by atoms with E-state index in [1.54, 1.807) is 17.3 Å². The van der Waals surface area contributed by atoms with Crippen LogP contribution in [0.3, 0.4) is 0 Å². The van der Waals surface area contributed by atoms with Gasteiger partial charge in [-0.15, -0.1) is 0 Å². The van der Waals surface area contributed by atoms with Crippen molar-refractivity contribution in [1.29, 1.82) is 0 Å². The molecule has 2 aromatic rings. The number of aromatic nitrogens is 1. The lowest BCUT2D eigenvalue weighted by atomic mass is 10.1. The number of anilines is 1. The number of carbonyl (C=O) groups is 1. The summed E-state index contributed by atoms with van der Waals surface area (Å²) in [6, 6.07) is 11.5. The molecule has 2 heterocycles. The quantitative estimate of drug-likeness (QED) is 0.891. The SMILES string of the molecule is NCc1ccc(N2CC(c3cccnc3)NC2=O)cc1. The molecule has 0 radical (unpaired) electrons. The maximum atomic E-state index is 12.1. The van der Waals surface area contributed by atoms with Crippen LogP contribution in [-0.4, -0.2) is 17.6 Å². The first kappa shape index (κ1) is 12.6. The molecular formula is C15H16N4O. The summed E-state index contributed by atoms with van der Waals surface area (Å²) in [5.41, 5.74) is 8.53. The van der Waals surface area contributed by atoms with Gasteiger partial charge in [-0.1, -0.05) is 18.2 Å². The molecule has 1 saturated heterocycles. The molecule has 1 atom stereocenters. The van der Waals surface area contributed by atoms with E-state index in [0.717, 1.165) is 16.8 Å². The van der Waals surface area contributed by atoms with Gasteiger partial charge in [0.1, 0.15) is 0 Å². The van der Waals surface area contributed by atoms with Crippen molar-refractivity contribution < 1.29 is 4.79 Å². The Bertz CT molecular complexity index is 597. The number of urea groups is 1. The first-order chi connectivity index (χ1) is 9.78. The fraction of sp³-hybridized carbons (Fsp3) is 0.200. The molecule has 3 rings (SSSR count). The van der Waals surface area contributed by atoms with Gasteiger partial charge in [0.2, 0.25) is 0 Å². The fourth-order valence-corrected chi connectivity index (χ4v) is 2.34. The van der Waals surface area contributed by atoms with Gasteiger partial charge in [0.15, 0.2) is 0 Å². The zero-order chi connectivity index (χ0) is 13.9. The third-order valence-electron chi connectivity index (χ3n) is 3.48. The maximum Gasteiger partial charge on any atom is 0.322 e. The van der Waals surface area contributed by atoms with E-state index in [9.17, 15) is 4.79 Å². The summed E-state index contributed by atoms with van der Waals surface area (Å²) in [6.45, 7) is 1.11. The average molecular weight is 268 g/mol. The van der Waals surface area contributed by atoms with E-state index < -0.39 is 0 Å². The highest BCUT2D eigenvalue weighted by molar-refractivity contribution is 5.94. The van der Waals surface area contributed by atoms with Crippen LogP contribution in [0.5, 0.6) is 0 Å². The molecular weight excluding hydrogens is 252 g/mol. The van der Waals surface area contributed by atoms with Gasteiger partial charge in [-0.2, -0.15) is 0 Å². The predicted octanol–water partition coefficient (Wildman–Crippen LogP) is 1.81. The lowest BCUT2D eigenvalue weighted by molar-refractivity contribution is 0.251. The second kappa shape index (κ2) is 5.30. The topological polar surface area (TPSA) is 71.2 Å². The number of hydrogen-bond acceptors (Lipinski definition) is 3. The molecule has 1 unspecified atom stereocenters. The number of nitrogens with one attached hydrogen (secondary N) is 1. The van der Waals surface area contributed by atoms with E-state index in [-0.39, 0.29) is 12.1 Å². The zero-order valence-electron chi connectivity index (χ0n) is 11.0. The Labute approximate surface area is 117 Å². The van der Waals surface area contributed by atoms with Crippen molar-refractivity contribution in [1.82, 2.24) is 10.3 Å². The monoisotopic (exact) mass is 268 g/mol. The van der Waals surface area contributed by atoms with Gasteiger partial charge in [-0.05, 0) is 29.3 Å². The van der Waals surface area contributed by atoms with Crippen molar-refractivity contribution in [2.24, 2.45) is 5.73 Å². The molecule has 1 fully saturated rings. The van der Waals surface area contributed by atoms with E-state index in [2.05, 4.69) is 10.3 Å². The minimum atomic E-state index is -0.0839. The minimum absolute atomic E-state index is 0.0228. The highest BCUT2D eigenvalue weighted by Crippen LogP contribution is 2.25. The number of hydrogen-bond donors (Lipinski definition) is 2. The molecule has 3 N–H and O–H groups in total. The Kier molecular flexibility index (Phi) is 3.35. The lowest BCUT2D eigenvalue weighted by Gasteiger charge is -2.15. The molecule has 1 aromatic heterocycles. The van der Waals surface area contributed by atoms with Gasteiger partial charge < -0.3 is 11.1 Å². The first-order valence-corrected chi connectivity index (χ1v) is 6.55. The van der Waals surface area contributed by atoms with Crippen molar-refractivity contribution in [3.63, 3.8) is 0 Å². The van der Waals surface area contributed by atoms with Gasteiger partial charge in [-0.3, -0.25) is 9.88 Å². The Hall–Kier alpha value is -2.40. The van der Waals surface area contributed by atoms with Crippen LogP contribution in [-0.2, 0) is 6.54 Å². The van der Waals surface area contributed by atoms with Crippen molar-refractivity contribution in [3.8, 4) is 0 Å². The largest absolute Gasteiger partial charge is 0.329 e. The smallest absolute Gasteiger partial charge is 0.322 e. The number of pyridine rings is 1. The highest BCUT2D eigenvalue weighted by atomic mass is 16.2. The van der Waals surface area contributed by atoms with Gasteiger partial charge >= 0.3 is 6.03 Å². The maximum absolute atomic E-state index is 12.1. The van der Waals surface area contributed by atoms with Crippen LogP contribution in [0.2, 0.25) is 0 Å². The molecule has 1 aromatic carbocycles.